The van der Waals surface area contributed by atoms with E-state index in [1.807, 2.05) is 19.1 Å². The summed E-state index contributed by atoms with van der Waals surface area (Å²) in [5.41, 5.74) is 2.19. The molecule has 0 spiro atoms. The summed E-state index contributed by atoms with van der Waals surface area (Å²) < 4.78 is 7.63. The van der Waals surface area contributed by atoms with Crippen LogP contribution >= 0.6 is 0 Å². The number of anilines is 1. The molecule has 0 aliphatic carbocycles. The summed E-state index contributed by atoms with van der Waals surface area (Å²) in [6.45, 7) is 6.49. The van der Waals surface area contributed by atoms with E-state index in [-0.39, 0.29) is 0 Å². The van der Waals surface area contributed by atoms with Gasteiger partial charge in [0.25, 0.3) is 0 Å². The van der Waals surface area contributed by atoms with Gasteiger partial charge < -0.3 is 14.6 Å². The van der Waals surface area contributed by atoms with Crippen molar-refractivity contribution in [3.63, 3.8) is 0 Å². The van der Waals surface area contributed by atoms with E-state index in [1.165, 1.54) is 5.56 Å². The van der Waals surface area contributed by atoms with E-state index in [4.69, 9.17) is 4.74 Å². The second-order valence-electron chi connectivity index (χ2n) is 3.99. The molecule has 0 amide bonds. The van der Waals surface area contributed by atoms with Gasteiger partial charge in [-0.3, -0.25) is 0 Å². The molecular weight excluding hydrogens is 226 g/mol. The maximum absolute atomic E-state index is 5.47. The lowest BCUT2D eigenvalue weighted by Crippen LogP contribution is -2.03. The summed E-state index contributed by atoms with van der Waals surface area (Å²) in [6.07, 6.45) is 5.97. The molecule has 0 atom stereocenters. The summed E-state index contributed by atoms with van der Waals surface area (Å²) >= 11 is 0. The molecule has 96 valence electrons. The van der Waals surface area contributed by atoms with E-state index < -0.39 is 0 Å². The predicted octanol–water partition coefficient (Wildman–Crippen LogP) is 2.91. The summed E-state index contributed by atoms with van der Waals surface area (Å²) in [5, 5.41) is 3.35. The van der Waals surface area contributed by atoms with Crippen LogP contribution in [0.25, 0.3) is 0 Å². The molecular formula is C14H19N3O. The highest BCUT2D eigenvalue weighted by Gasteiger charge is 2.03. The first kappa shape index (κ1) is 12.5. The molecule has 2 aromatic rings. The first-order valence-corrected chi connectivity index (χ1v) is 6.29. The van der Waals surface area contributed by atoms with Crippen LogP contribution in [0.1, 0.15) is 19.4 Å². The van der Waals surface area contributed by atoms with Gasteiger partial charge in [-0.15, -0.1) is 0 Å². The molecule has 0 aromatic carbocycles. The van der Waals surface area contributed by atoms with Crippen LogP contribution in [0.3, 0.4) is 0 Å². The fourth-order valence-electron chi connectivity index (χ4n) is 1.77. The van der Waals surface area contributed by atoms with Gasteiger partial charge in [-0.05, 0) is 37.6 Å². The fourth-order valence-corrected chi connectivity index (χ4v) is 1.77. The van der Waals surface area contributed by atoms with Gasteiger partial charge in [-0.25, -0.2) is 4.98 Å². The molecule has 4 heteroatoms. The molecule has 18 heavy (non-hydrogen) atoms. The van der Waals surface area contributed by atoms with Crippen molar-refractivity contribution < 1.29 is 4.74 Å². The highest BCUT2D eigenvalue weighted by atomic mass is 16.5. The van der Waals surface area contributed by atoms with Crippen LogP contribution in [0, 0.1) is 0 Å². The van der Waals surface area contributed by atoms with Gasteiger partial charge in [-0.1, -0.05) is 0 Å². The van der Waals surface area contributed by atoms with Crippen molar-refractivity contribution in [2.24, 2.45) is 0 Å². The minimum Gasteiger partial charge on any atom is -0.476 e. The van der Waals surface area contributed by atoms with Crippen molar-refractivity contribution in [3.05, 3.63) is 42.4 Å². The number of hydrogen-bond acceptors (Lipinski definition) is 3. The van der Waals surface area contributed by atoms with Crippen molar-refractivity contribution in [2.75, 3.05) is 11.9 Å². The lowest BCUT2D eigenvalue weighted by atomic mass is 10.3. The summed E-state index contributed by atoms with van der Waals surface area (Å²) in [5.74, 6) is 0.662. The predicted molar refractivity (Wildman–Crippen MR) is 72.8 cm³/mol. The number of nitrogens with zero attached hydrogens (tertiary/aromatic N) is 2. The zero-order chi connectivity index (χ0) is 12.8. The Morgan fingerprint density at radius 1 is 1.33 bits per heavy atom. The Balaban J connectivity index is 2.01. The number of rotatable bonds is 6. The number of pyridine rings is 1. The molecule has 0 fully saturated rings. The normalized spacial score (nSPS) is 10.3. The minimum absolute atomic E-state index is 0.623. The van der Waals surface area contributed by atoms with Gasteiger partial charge in [0.05, 0.1) is 12.3 Å². The minimum atomic E-state index is 0.623. The zero-order valence-electron chi connectivity index (χ0n) is 10.9. The Hall–Kier alpha value is -1.97. The quantitative estimate of drug-likeness (QED) is 0.850. The van der Waals surface area contributed by atoms with E-state index in [0.29, 0.717) is 12.5 Å². The van der Waals surface area contributed by atoms with Gasteiger partial charge in [0.15, 0.2) is 0 Å². The second kappa shape index (κ2) is 6.10. The Labute approximate surface area is 108 Å². The number of aromatic nitrogens is 2. The number of aryl methyl sites for hydroxylation is 1. The third kappa shape index (κ3) is 3.03. The number of hydrogen-bond donors (Lipinski definition) is 1. The van der Waals surface area contributed by atoms with Gasteiger partial charge in [-0.2, -0.15) is 0 Å². The standard InChI is InChI=1S/C14H19N3O/c1-3-17-9-7-12(11-17)10-16-13-6-5-8-15-14(13)18-4-2/h5-9,11,16H,3-4,10H2,1-2H3. The Morgan fingerprint density at radius 3 is 2.94 bits per heavy atom. The lowest BCUT2D eigenvalue weighted by molar-refractivity contribution is 0.328. The van der Waals surface area contributed by atoms with E-state index >= 15 is 0 Å². The van der Waals surface area contributed by atoms with E-state index in [0.717, 1.165) is 18.8 Å². The van der Waals surface area contributed by atoms with Gasteiger partial charge >= 0.3 is 0 Å². The first-order chi connectivity index (χ1) is 8.83. The summed E-state index contributed by atoms with van der Waals surface area (Å²) in [7, 11) is 0. The third-order valence-electron chi connectivity index (χ3n) is 2.71. The topological polar surface area (TPSA) is 39.1 Å². The zero-order valence-corrected chi connectivity index (χ0v) is 10.9. The van der Waals surface area contributed by atoms with Crippen molar-refractivity contribution in [1.82, 2.24) is 9.55 Å². The van der Waals surface area contributed by atoms with Crippen LogP contribution in [0.4, 0.5) is 5.69 Å². The second-order valence-corrected chi connectivity index (χ2v) is 3.99. The van der Waals surface area contributed by atoms with Crippen molar-refractivity contribution in [3.8, 4) is 5.88 Å². The summed E-state index contributed by atoms with van der Waals surface area (Å²) in [6, 6.07) is 6.00. The Bertz CT molecular complexity index is 493. The Kier molecular flexibility index (Phi) is 4.23. The molecule has 2 rings (SSSR count). The molecule has 4 nitrogen and oxygen atoms in total. The number of nitrogens with one attached hydrogen (secondary N) is 1. The molecule has 0 radical (unpaired) electrons. The summed E-state index contributed by atoms with van der Waals surface area (Å²) in [4.78, 5) is 4.21. The largest absolute Gasteiger partial charge is 0.476 e. The fraction of sp³-hybridized carbons (Fsp3) is 0.357. The van der Waals surface area contributed by atoms with Crippen LogP contribution in [0.5, 0.6) is 5.88 Å². The molecule has 0 saturated carbocycles. The molecule has 1 N–H and O–H groups in total. The average molecular weight is 245 g/mol. The molecule has 0 unspecified atom stereocenters. The highest BCUT2D eigenvalue weighted by Crippen LogP contribution is 2.21. The van der Waals surface area contributed by atoms with Crippen LogP contribution in [-0.4, -0.2) is 16.2 Å². The Morgan fingerprint density at radius 2 is 2.22 bits per heavy atom. The third-order valence-corrected chi connectivity index (χ3v) is 2.71. The first-order valence-electron chi connectivity index (χ1n) is 6.29. The van der Waals surface area contributed by atoms with Crippen molar-refractivity contribution in [1.29, 1.82) is 0 Å². The average Bonchev–Trinajstić information content (AvgIpc) is 2.86. The van der Waals surface area contributed by atoms with Gasteiger partial charge in [0.2, 0.25) is 5.88 Å². The highest BCUT2D eigenvalue weighted by molar-refractivity contribution is 5.52. The van der Waals surface area contributed by atoms with Crippen molar-refractivity contribution >= 4 is 5.69 Å². The maximum atomic E-state index is 5.47. The molecule has 0 saturated heterocycles. The molecule has 2 aromatic heterocycles. The monoisotopic (exact) mass is 245 g/mol. The van der Waals surface area contributed by atoms with Crippen molar-refractivity contribution in [2.45, 2.75) is 26.9 Å². The van der Waals surface area contributed by atoms with E-state index in [1.54, 1.807) is 6.20 Å². The molecule has 0 aliphatic heterocycles. The van der Waals surface area contributed by atoms with Gasteiger partial charge in [0.1, 0.15) is 0 Å². The molecule has 2 heterocycles. The van der Waals surface area contributed by atoms with Crippen LogP contribution in [0.15, 0.2) is 36.8 Å². The maximum Gasteiger partial charge on any atom is 0.237 e. The SMILES string of the molecule is CCOc1ncccc1NCc1ccn(CC)c1. The molecule has 0 bridgehead atoms. The van der Waals surface area contributed by atoms with E-state index in [2.05, 4.69) is 40.3 Å². The van der Waals surface area contributed by atoms with Crippen LogP contribution < -0.4 is 10.1 Å². The number of ether oxygens (including phenoxy) is 1. The molecule has 0 aliphatic rings. The van der Waals surface area contributed by atoms with E-state index in [9.17, 15) is 0 Å². The van der Waals surface area contributed by atoms with Crippen LogP contribution in [-0.2, 0) is 13.1 Å². The van der Waals surface area contributed by atoms with Crippen LogP contribution in [0.2, 0.25) is 0 Å². The lowest BCUT2D eigenvalue weighted by Gasteiger charge is -2.10. The van der Waals surface area contributed by atoms with Gasteiger partial charge in [0, 0.05) is 31.7 Å². The smallest absolute Gasteiger partial charge is 0.237 e.